The van der Waals surface area contributed by atoms with Crippen molar-refractivity contribution in [2.45, 2.75) is 20.0 Å². The third-order valence-electron chi connectivity index (χ3n) is 2.44. The zero-order valence-electron chi connectivity index (χ0n) is 9.98. The largest absolute Gasteiger partial charge is 0.465 e. The van der Waals surface area contributed by atoms with Crippen LogP contribution in [0.2, 0.25) is 0 Å². The van der Waals surface area contributed by atoms with Crippen molar-refractivity contribution in [2.24, 2.45) is 0 Å². The van der Waals surface area contributed by atoms with E-state index in [1.165, 1.54) is 5.56 Å². The highest BCUT2D eigenvalue weighted by Crippen LogP contribution is 2.13. The predicted molar refractivity (Wildman–Crippen MR) is 70.6 cm³/mol. The molecule has 2 aromatic heterocycles. The Bertz CT molecular complexity index is 496. The summed E-state index contributed by atoms with van der Waals surface area (Å²) < 4.78 is 6.56. The van der Waals surface area contributed by atoms with Gasteiger partial charge in [0.25, 0.3) is 0 Å². The summed E-state index contributed by atoms with van der Waals surface area (Å²) in [6.07, 6.45) is 3.67. The molecule has 2 heterocycles. The molecular weight excluding hydrogens is 280 g/mol. The molecule has 0 atom stereocenters. The minimum atomic E-state index is 0.806. The zero-order valence-corrected chi connectivity index (χ0v) is 11.6. The number of hydrogen-bond donors (Lipinski definition) is 0. The number of hydrogen-bond acceptors (Lipinski definition) is 3. The molecule has 0 fully saturated rings. The molecule has 0 bridgehead atoms. The summed E-state index contributed by atoms with van der Waals surface area (Å²) in [5, 5.41) is 0. The second kappa shape index (κ2) is 5.47. The molecule has 0 aliphatic rings. The summed E-state index contributed by atoms with van der Waals surface area (Å²) in [7, 11) is 2.07. The van der Waals surface area contributed by atoms with Crippen molar-refractivity contribution < 1.29 is 4.42 Å². The molecule has 0 N–H and O–H groups in total. The summed E-state index contributed by atoms with van der Waals surface area (Å²) in [5.74, 6) is 1.95. The maximum atomic E-state index is 5.55. The molecular formula is C13H15BrN2O. The number of pyridine rings is 1. The van der Waals surface area contributed by atoms with Crippen LogP contribution in [0.15, 0.2) is 39.5 Å². The minimum absolute atomic E-state index is 0.806. The zero-order chi connectivity index (χ0) is 12.3. The molecule has 4 heteroatoms. The van der Waals surface area contributed by atoms with E-state index in [0.717, 1.165) is 29.1 Å². The highest BCUT2D eigenvalue weighted by molar-refractivity contribution is 9.10. The molecule has 0 unspecified atom stereocenters. The average Bonchev–Trinajstić information content (AvgIpc) is 2.63. The molecule has 0 saturated carbocycles. The second-order valence-corrected chi connectivity index (χ2v) is 5.11. The molecule has 0 saturated heterocycles. The number of aromatic nitrogens is 1. The highest BCUT2D eigenvalue weighted by Gasteiger charge is 2.05. The predicted octanol–water partition coefficient (Wildman–Crippen LogP) is 3.38. The quantitative estimate of drug-likeness (QED) is 0.866. The van der Waals surface area contributed by atoms with E-state index in [1.54, 1.807) is 6.20 Å². The van der Waals surface area contributed by atoms with Crippen molar-refractivity contribution >= 4 is 15.9 Å². The number of nitrogens with zero attached hydrogens (tertiary/aromatic N) is 2. The van der Waals surface area contributed by atoms with E-state index in [-0.39, 0.29) is 0 Å². The molecule has 3 nitrogen and oxygen atoms in total. The summed E-state index contributed by atoms with van der Waals surface area (Å²) in [5.41, 5.74) is 1.19. The van der Waals surface area contributed by atoms with E-state index >= 15 is 0 Å². The van der Waals surface area contributed by atoms with Gasteiger partial charge in [-0.3, -0.25) is 9.88 Å². The van der Waals surface area contributed by atoms with Crippen LogP contribution in [0, 0.1) is 6.92 Å². The summed E-state index contributed by atoms with van der Waals surface area (Å²) >= 11 is 3.42. The standard InChI is InChI=1S/C13H15BrN2O/c1-10-3-4-13(17-10)9-16(2)8-11-5-12(14)7-15-6-11/h3-7H,8-9H2,1-2H3. The lowest BCUT2D eigenvalue weighted by Gasteiger charge is -2.14. The Balaban J connectivity index is 1.95. The molecule has 0 aliphatic heterocycles. The fourth-order valence-electron chi connectivity index (χ4n) is 1.75. The Labute approximate surface area is 110 Å². The van der Waals surface area contributed by atoms with E-state index in [9.17, 15) is 0 Å². The first-order valence-electron chi connectivity index (χ1n) is 5.47. The maximum Gasteiger partial charge on any atom is 0.118 e. The SMILES string of the molecule is Cc1ccc(CN(C)Cc2cncc(Br)c2)o1. The fourth-order valence-corrected chi connectivity index (χ4v) is 2.16. The lowest BCUT2D eigenvalue weighted by molar-refractivity contribution is 0.285. The Morgan fingerprint density at radius 3 is 2.76 bits per heavy atom. The number of halogens is 1. The molecule has 0 aliphatic carbocycles. The van der Waals surface area contributed by atoms with Gasteiger partial charge < -0.3 is 4.42 Å². The van der Waals surface area contributed by atoms with Gasteiger partial charge in [-0.25, -0.2) is 0 Å². The monoisotopic (exact) mass is 294 g/mol. The van der Waals surface area contributed by atoms with Crippen LogP contribution >= 0.6 is 15.9 Å². The summed E-state index contributed by atoms with van der Waals surface area (Å²) in [6, 6.07) is 6.09. The van der Waals surface area contributed by atoms with Gasteiger partial charge in [0.05, 0.1) is 6.54 Å². The van der Waals surface area contributed by atoms with Gasteiger partial charge in [-0.05, 0) is 53.7 Å². The first-order valence-corrected chi connectivity index (χ1v) is 6.26. The van der Waals surface area contributed by atoms with E-state index < -0.39 is 0 Å². The van der Waals surface area contributed by atoms with Crippen LogP contribution in [0.3, 0.4) is 0 Å². The van der Waals surface area contributed by atoms with Gasteiger partial charge in [0.1, 0.15) is 11.5 Å². The van der Waals surface area contributed by atoms with Gasteiger partial charge in [0.2, 0.25) is 0 Å². The van der Waals surface area contributed by atoms with E-state index in [0.29, 0.717) is 0 Å². The maximum absolute atomic E-state index is 5.55. The molecule has 17 heavy (non-hydrogen) atoms. The lowest BCUT2D eigenvalue weighted by atomic mass is 10.2. The topological polar surface area (TPSA) is 29.3 Å². The molecule has 0 radical (unpaired) electrons. The van der Waals surface area contributed by atoms with Crippen LogP contribution in [0.4, 0.5) is 0 Å². The smallest absolute Gasteiger partial charge is 0.118 e. The molecule has 0 spiro atoms. The Morgan fingerprint density at radius 2 is 2.12 bits per heavy atom. The molecule has 90 valence electrons. The van der Waals surface area contributed by atoms with Crippen LogP contribution in [0.1, 0.15) is 17.1 Å². The Kier molecular flexibility index (Phi) is 3.97. The van der Waals surface area contributed by atoms with Gasteiger partial charge in [-0.2, -0.15) is 0 Å². The first kappa shape index (κ1) is 12.3. The highest BCUT2D eigenvalue weighted by atomic mass is 79.9. The fraction of sp³-hybridized carbons (Fsp3) is 0.308. The van der Waals surface area contributed by atoms with E-state index in [4.69, 9.17) is 4.42 Å². The van der Waals surface area contributed by atoms with Crippen LogP contribution in [-0.2, 0) is 13.1 Å². The van der Waals surface area contributed by atoms with E-state index in [1.807, 2.05) is 25.3 Å². The van der Waals surface area contributed by atoms with Crippen molar-refractivity contribution in [1.29, 1.82) is 0 Å². The van der Waals surface area contributed by atoms with Crippen molar-refractivity contribution in [3.05, 3.63) is 52.1 Å². The van der Waals surface area contributed by atoms with Gasteiger partial charge in [-0.15, -0.1) is 0 Å². The third kappa shape index (κ3) is 3.68. The summed E-state index contributed by atoms with van der Waals surface area (Å²) in [4.78, 5) is 6.35. The lowest BCUT2D eigenvalue weighted by Crippen LogP contribution is -2.16. The van der Waals surface area contributed by atoms with Crippen LogP contribution < -0.4 is 0 Å². The number of furan rings is 1. The third-order valence-corrected chi connectivity index (χ3v) is 2.87. The van der Waals surface area contributed by atoms with Crippen LogP contribution in [-0.4, -0.2) is 16.9 Å². The molecule has 0 amide bonds. The van der Waals surface area contributed by atoms with Crippen molar-refractivity contribution in [3.8, 4) is 0 Å². The van der Waals surface area contributed by atoms with E-state index in [2.05, 4.69) is 38.9 Å². The van der Waals surface area contributed by atoms with Crippen LogP contribution in [0.5, 0.6) is 0 Å². The van der Waals surface area contributed by atoms with Gasteiger partial charge in [-0.1, -0.05) is 0 Å². The second-order valence-electron chi connectivity index (χ2n) is 4.20. The Hall–Kier alpha value is -1.13. The van der Waals surface area contributed by atoms with Crippen LogP contribution in [0.25, 0.3) is 0 Å². The average molecular weight is 295 g/mol. The summed E-state index contributed by atoms with van der Waals surface area (Å²) in [6.45, 7) is 3.62. The normalized spacial score (nSPS) is 11.1. The van der Waals surface area contributed by atoms with Crippen molar-refractivity contribution in [1.82, 2.24) is 9.88 Å². The molecule has 2 rings (SSSR count). The van der Waals surface area contributed by atoms with Gasteiger partial charge in [0.15, 0.2) is 0 Å². The van der Waals surface area contributed by atoms with Gasteiger partial charge >= 0.3 is 0 Å². The van der Waals surface area contributed by atoms with Gasteiger partial charge in [0, 0.05) is 23.4 Å². The number of rotatable bonds is 4. The first-order chi connectivity index (χ1) is 8.13. The van der Waals surface area contributed by atoms with Crippen molar-refractivity contribution in [2.75, 3.05) is 7.05 Å². The number of aryl methyl sites for hydroxylation is 1. The molecule has 0 aromatic carbocycles. The Morgan fingerprint density at radius 1 is 1.29 bits per heavy atom. The minimum Gasteiger partial charge on any atom is -0.465 e. The molecule has 2 aromatic rings. The van der Waals surface area contributed by atoms with Crippen molar-refractivity contribution in [3.63, 3.8) is 0 Å².